The lowest BCUT2D eigenvalue weighted by molar-refractivity contribution is 0.0663. The second-order valence-electron chi connectivity index (χ2n) is 6.76. The van der Waals surface area contributed by atoms with Crippen molar-refractivity contribution < 1.29 is 9.63 Å². The number of carbonyl (C=O) groups excluding carboxylic acids is 1. The number of fused-ring (bicyclic) bond motifs is 4. The van der Waals surface area contributed by atoms with E-state index in [1.54, 1.807) is 4.47 Å². The van der Waals surface area contributed by atoms with Crippen LogP contribution in [0, 0.1) is 5.92 Å². The lowest BCUT2D eigenvalue weighted by Gasteiger charge is -2.26. The number of amides is 1. The highest BCUT2D eigenvalue weighted by molar-refractivity contribution is 8.00. The number of nitrogens with zero attached hydrogens (tertiary/aromatic N) is 2. The molecule has 5 rings (SSSR count). The summed E-state index contributed by atoms with van der Waals surface area (Å²) in [6, 6.07) is 7.66. The first kappa shape index (κ1) is 16.0. The number of piperidine rings is 1. The molecule has 3 fully saturated rings. The van der Waals surface area contributed by atoms with Crippen molar-refractivity contribution in [2.24, 2.45) is 5.92 Å². The van der Waals surface area contributed by atoms with Crippen molar-refractivity contribution in [2.75, 3.05) is 26.2 Å². The molecular weight excluding hydrogens is 322 g/mol. The van der Waals surface area contributed by atoms with Gasteiger partial charge in [0.05, 0.1) is 6.54 Å². The molecule has 6 heteroatoms. The molecule has 0 aliphatic carbocycles. The highest BCUT2D eigenvalue weighted by Crippen LogP contribution is 2.27. The number of carbonyl (C=O) groups is 1. The Labute approximate surface area is 147 Å². The van der Waals surface area contributed by atoms with Crippen LogP contribution in [0.4, 0.5) is 0 Å². The highest BCUT2D eigenvalue weighted by atomic mass is 32.2. The topological polar surface area (TPSA) is 44.8 Å². The predicted molar refractivity (Wildman–Crippen MR) is 95.5 cm³/mol. The summed E-state index contributed by atoms with van der Waals surface area (Å²) in [7, 11) is 0. The fourth-order valence-corrected chi connectivity index (χ4v) is 4.30. The number of hydroxylamine groups is 1. The number of benzene rings is 1. The monoisotopic (exact) mass is 345 g/mol. The van der Waals surface area contributed by atoms with E-state index in [-0.39, 0.29) is 11.9 Å². The molecule has 0 radical (unpaired) electrons. The molecule has 5 nitrogen and oxygen atoms in total. The molecule has 128 valence electrons. The van der Waals surface area contributed by atoms with Crippen molar-refractivity contribution in [1.82, 2.24) is 14.7 Å². The summed E-state index contributed by atoms with van der Waals surface area (Å²) < 4.78 is 1.80. The molecule has 2 bridgehead atoms. The van der Waals surface area contributed by atoms with Gasteiger partial charge in [-0.1, -0.05) is 10.5 Å². The largest absolute Gasteiger partial charge is 0.395 e. The predicted octanol–water partition coefficient (Wildman–Crippen LogP) is 2.67. The molecule has 24 heavy (non-hydrogen) atoms. The van der Waals surface area contributed by atoms with Gasteiger partial charge in [0, 0.05) is 18.2 Å². The van der Waals surface area contributed by atoms with Crippen LogP contribution in [0.25, 0.3) is 0 Å². The Kier molecular flexibility index (Phi) is 4.78. The first-order valence-corrected chi connectivity index (χ1v) is 9.50. The third kappa shape index (κ3) is 3.77. The van der Waals surface area contributed by atoms with Gasteiger partial charge in [0.1, 0.15) is 5.75 Å². The van der Waals surface area contributed by atoms with Gasteiger partial charge in [-0.3, -0.25) is 4.79 Å². The maximum atomic E-state index is 12.5. The molecule has 0 aromatic heterocycles. The average molecular weight is 345 g/mol. The smallest absolute Gasteiger partial charge is 0.251 e. The minimum atomic E-state index is 0.0197. The number of nitrogens with one attached hydrogen (secondary N) is 1. The van der Waals surface area contributed by atoms with Crippen LogP contribution in [-0.2, 0) is 0 Å². The number of hydrogen-bond acceptors (Lipinski definition) is 5. The molecular formula is C18H23N3O2S. The van der Waals surface area contributed by atoms with Crippen molar-refractivity contribution in [1.29, 1.82) is 0 Å². The van der Waals surface area contributed by atoms with E-state index in [2.05, 4.69) is 10.2 Å². The quantitative estimate of drug-likeness (QED) is 0.850. The second kappa shape index (κ2) is 7.17. The van der Waals surface area contributed by atoms with Crippen LogP contribution >= 0.6 is 11.9 Å². The minimum Gasteiger partial charge on any atom is -0.395 e. The zero-order chi connectivity index (χ0) is 16.4. The first-order chi connectivity index (χ1) is 11.8. The number of hydrogen-bond donors (Lipinski definition) is 1. The molecule has 0 saturated carbocycles. The van der Waals surface area contributed by atoms with Crippen LogP contribution in [0.15, 0.2) is 35.7 Å². The van der Waals surface area contributed by atoms with Gasteiger partial charge in [0.2, 0.25) is 0 Å². The fourth-order valence-electron chi connectivity index (χ4n) is 3.69. The third-order valence-corrected chi connectivity index (χ3v) is 5.76. The summed E-state index contributed by atoms with van der Waals surface area (Å²) in [5.74, 6) is 1.55. The zero-order valence-electron chi connectivity index (χ0n) is 13.7. The molecule has 1 atom stereocenters. The van der Waals surface area contributed by atoms with Gasteiger partial charge in [0.25, 0.3) is 5.91 Å². The molecule has 3 saturated heterocycles. The fraction of sp³-hybridized carbons (Fsp3) is 0.500. The Balaban J connectivity index is 1.34. The van der Waals surface area contributed by atoms with Crippen LogP contribution < -0.4 is 10.2 Å². The van der Waals surface area contributed by atoms with E-state index in [0.29, 0.717) is 5.56 Å². The van der Waals surface area contributed by atoms with Gasteiger partial charge in [-0.05, 0) is 79.9 Å². The van der Waals surface area contributed by atoms with Crippen LogP contribution in [0.3, 0.4) is 0 Å². The standard InChI is InChI=1S/C18H23N3O2S/c22-18(19-16-12-14-6-9-20(13-16)10-7-14)15-2-4-17(5-3-15)23-21-8-1-11-24-21/h1-5,11,14,16H,6-10,12-13H2,(H,19,22). The van der Waals surface area contributed by atoms with E-state index in [4.69, 9.17) is 4.84 Å². The van der Waals surface area contributed by atoms with Crippen LogP contribution in [0.5, 0.6) is 5.75 Å². The highest BCUT2D eigenvalue weighted by Gasteiger charge is 2.29. The Morgan fingerprint density at radius 1 is 1.21 bits per heavy atom. The van der Waals surface area contributed by atoms with Crippen molar-refractivity contribution in [3.8, 4) is 5.75 Å². The van der Waals surface area contributed by atoms with E-state index < -0.39 is 0 Å². The maximum Gasteiger partial charge on any atom is 0.251 e. The van der Waals surface area contributed by atoms with Gasteiger partial charge in [-0.25, -0.2) is 0 Å². The maximum absolute atomic E-state index is 12.5. The zero-order valence-corrected chi connectivity index (χ0v) is 14.5. The molecule has 1 unspecified atom stereocenters. The molecule has 4 aliphatic rings. The SMILES string of the molecule is O=C(NC1CC2CCN(CC2)C1)c1ccc(ON2CC=CS2)cc1. The lowest BCUT2D eigenvalue weighted by atomic mass is 9.94. The Bertz CT molecular complexity index is 589. The van der Waals surface area contributed by atoms with Crippen LogP contribution in [0.1, 0.15) is 29.6 Å². The third-order valence-electron chi connectivity index (χ3n) is 4.99. The van der Waals surface area contributed by atoms with Gasteiger partial charge in [-0.15, -0.1) is 0 Å². The Hall–Kier alpha value is -1.50. The molecule has 4 aliphatic heterocycles. The summed E-state index contributed by atoms with van der Waals surface area (Å²) in [4.78, 5) is 20.7. The molecule has 4 heterocycles. The molecule has 0 spiro atoms. The van der Waals surface area contributed by atoms with Crippen molar-refractivity contribution in [2.45, 2.75) is 25.3 Å². The Morgan fingerprint density at radius 3 is 2.71 bits per heavy atom. The molecule has 1 aromatic carbocycles. The van der Waals surface area contributed by atoms with Crippen molar-refractivity contribution in [3.63, 3.8) is 0 Å². The number of rotatable bonds is 4. The van der Waals surface area contributed by atoms with Gasteiger partial charge in [-0.2, -0.15) is 0 Å². The summed E-state index contributed by atoms with van der Waals surface area (Å²) >= 11 is 1.53. The summed E-state index contributed by atoms with van der Waals surface area (Å²) in [6.45, 7) is 4.13. The lowest BCUT2D eigenvalue weighted by Crippen LogP contribution is -2.41. The Morgan fingerprint density at radius 2 is 2.00 bits per heavy atom. The van der Waals surface area contributed by atoms with Gasteiger partial charge < -0.3 is 15.1 Å². The summed E-state index contributed by atoms with van der Waals surface area (Å²) in [5.41, 5.74) is 0.696. The van der Waals surface area contributed by atoms with Crippen molar-refractivity contribution in [3.05, 3.63) is 41.3 Å². The van der Waals surface area contributed by atoms with E-state index in [0.717, 1.165) is 31.2 Å². The van der Waals surface area contributed by atoms with E-state index in [9.17, 15) is 4.79 Å². The summed E-state index contributed by atoms with van der Waals surface area (Å²) in [6.07, 6.45) is 5.72. The second-order valence-corrected chi connectivity index (χ2v) is 7.65. The van der Waals surface area contributed by atoms with E-state index in [1.165, 1.54) is 37.9 Å². The van der Waals surface area contributed by atoms with Crippen LogP contribution in [-0.4, -0.2) is 47.5 Å². The molecule has 1 N–H and O–H groups in total. The summed E-state index contributed by atoms with van der Waals surface area (Å²) in [5, 5.41) is 5.22. The van der Waals surface area contributed by atoms with Gasteiger partial charge in [0.15, 0.2) is 0 Å². The van der Waals surface area contributed by atoms with Crippen LogP contribution in [0.2, 0.25) is 0 Å². The van der Waals surface area contributed by atoms with Crippen molar-refractivity contribution >= 4 is 17.9 Å². The molecule has 1 aromatic rings. The molecule has 1 amide bonds. The van der Waals surface area contributed by atoms with Gasteiger partial charge >= 0.3 is 0 Å². The normalized spacial score (nSPS) is 29.4. The van der Waals surface area contributed by atoms with E-state index >= 15 is 0 Å². The average Bonchev–Trinajstić information content (AvgIpc) is 2.94. The van der Waals surface area contributed by atoms with E-state index in [1.807, 2.05) is 35.7 Å². The minimum absolute atomic E-state index is 0.0197. The first-order valence-electron chi connectivity index (χ1n) is 8.67.